The van der Waals surface area contributed by atoms with Crippen molar-refractivity contribution in [2.45, 2.75) is 0 Å². The second kappa shape index (κ2) is 6.59. The van der Waals surface area contributed by atoms with Crippen LogP contribution in [-0.4, -0.2) is 4.57 Å². The van der Waals surface area contributed by atoms with Crippen molar-refractivity contribution in [1.29, 1.82) is 5.26 Å². The summed E-state index contributed by atoms with van der Waals surface area (Å²) in [5, 5.41) is 12.8. The van der Waals surface area contributed by atoms with Crippen molar-refractivity contribution in [1.82, 2.24) is 4.57 Å². The Morgan fingerprint density at radius 3 is 2.33 bits per heavy atom. The molecule has 30 heavy (non-hydrogen) atoms. The van der Waals surface area contributed by atoms with Crippen LogP contribution in [0.25, 0.3) is 47.9 Å². The van der Waals surface area contributed by atoms with E-state index in [1.165, 1.54) is 31.3 Å². The van der Waals surface area contributed by atoms with Gasteiger partial charge in [-0.25, -0.2) is 0 Å². The van der Waals surface area contributed by atoms with Crippen molar-refractivity contribution < 1.29 is 0 Å². The molecule has 0 spiro atoms. The highest BCUT2D eigenvalue weighted by Crippen LogP contribution is 2.37. The summed E-state index contributed by atoms with van der Waals surface area (Å²) in [6.07, 6.45) is 2.08. The molecule has 2 aromatic heterocycles. The lowest BCUT2D eigenvalue weighted by Crippen LogP contribution is -1.91. The molecule has 6 aromatic rings. The monoisotopic (exact) mass is 400 g/mol. The summed E-state index contributed by atoms with van der Waals surface area (Å²) in [6, 6.07) is 34.1. The smallest absolute Gasteiger partial charge is 0.0991 e. The van der Waals surface area contributed by atoms with Gasteiger partial charge in [0, 0.05) is 37.4 Å². The zero-order valence-electron chi connectivity index (χ0n) is 16.0. The van der Waals surface area contributed by atoms with Gasteiger partial charge in [0.15, 0.2) is 0 Å². The largest absolute Gasteiger partial charge is 0.317 e. The number of fused-ring (bicyclic) bond motifs is 4. The topological polar surface area (TPSA) is 28.7 Å². The molecule has 2 nitrogen and oxygen atoms in total. The molecule has 2 heterocycles. The standard InChI is InChI=1S/C27H16N2S/c28-17-18-6-9-25-21(14-18)12-13-29(25)22-8-11-27-24(16-22)23-15-20(7-10-26(23)30-27)19-4-2-1-3-5-19/h1-16H. The Kier molecular flexibility index (Phi) is 3.74. The van der Waals surface area contributed by atoms with E-state index in [1.54, 1.807) is 0 Å². The lowest BCUT2D eigenvalue weighted by molar-refractivity contribution is 1.13. The minimum Gasteiger partial charge on any atom is -0.317 e. The van der Waals surface area contributed by atoms with E-state index in [0.29, 0.717) is 5.56 Å². The predicted octanol–water partition coefficient (Wildman–Crippen LogP) is 7.54. The van der Waals surface area contributed by atoms with Gasteiger partial charge in [0.05, 0.1) is 17.1 Å². The maximum atomic E-state index is 9.17. The van der Waals surface area contributed by atoms with E-state index in [9.17, 15) is 0 Å². The van der Waals surface area contributed by atoms with E-state index in [4.69, 9.17) is 5.26 Å². The third-order valence-corrected chi connectivity index (χ3v) is 6.81. The molecule has 0 saturated heterocycles. The third-order valence-electron chi connectivity index (χ3n) is 5.66. The first-order chi connectivity index (χ1) is 14.8. The van der Waals surface area contributed by atoms with Gasteiger partial charge in [-0.2, -0.15) is 5.26 Å². The van der Waals surface area contributed by atoms with Gasteiger partial charge in [0.1, 0.15) is 0 Å². The minimum atomic E-state index is 0.688. The Labute approximate surface area is 177 Å². The van der Waals surface area contributed by atoms with Crippen molar-refractivity contribution in [3.63, 3.8) is 0 Å². The summed E-state index contributed by atoms with van der Waals surface area (Å²) in [7, 11) is 0. The third kappa shape index (κ3) is 2.62. The highest BCUT2D eigenvalue weighted by atomic mass is 32.1. The first-order valence-corrected chi connectivity index (χ1v) is 10.7. The van der Waals surface area contributed by atoms with Crippen molar-refractivity contribution >= 4 is 42.4 Å². The maximum Gasteiger partial charge on any atom is 0.0991 e. The summed E-state index contributed by atoms with van der Waals surface area (Å²) in [6.45, 7) is 0. The van der Waals surface area contributed by atoms with Crippen LogP contribution in [0.2, 0.25) is 0 Å². The summed E-state index contributed by atoms with van der Waals surface area (Å²) in [5.41, 5.74) is 5.40. The molecule has 0 amide bonds. The van der Waals surface area contributed by atoms with Crippen molar-refractivity contribution in [3.8, 4) is 22.9 Å². The minimum absolute atomic E-state index is 0.688. The molecule has 4 aromatic carbocycles. The fourth-order valence-electron chi connectivity index (χ4n) is 4.16. The molecule has 0 aliphatic carbocycles. The van der Waals surface area contributed by atoms with Gasteiger partial charge in [-0.05, 0) is 65.7 Å². The molecule has 0 saturated carbocycles. The molecule has 0 radical (unpaired) electrons. The highest BCUT2D eigenvalue weighted by molar-refractivity contribution is 7.25. The van der Waals surface area contributed by atoms with E-state index >= 15 is 0 Å². The van der Waals surface area contributed by atoms with E-state index in [1.807, 2.05) is 29.5 Å². The molecule has 0 fully saturated rings. The van der Waals surface area contributed by atoms with Crippen molar-refractivity contribution in [3.05, 3.63) is 103 Å². The van der Waals surface area contributed by atoms with Crippen LogP contribution in [0.4, 0.5) is 0 Å². The van der Waals surface area contributed by atoms with Gasteiger partial charge < -0.3 is 4.57 Å². The maximum absolute atomic E-state index is 9.17. The van der Waals surface area contributed by atoms with Crippen LogP contribution < -0.4 is 0 Å². The second-order valence-electron chi connectivity index (χ2n) is 7.43. The fraction of sp³-hybridized carbons (Fsp3) is 0. The van der Waals surface area contributed by atoms with Crippen LogP contribution in [0.15, 0.2) is 97.2 Å². The molecule has 0 atom stereocenters. The average molecular weight is 401 g/mol. The fourth-order valence-corrected chi connectivity index (χ4v) is 5.23. The molecular formula is C27H16N2S. The number of benzene rings is 4. The highest BCUT2D eigenvalue weighted by Gasteiger charge is 2.10. The van der Waals surface area contributed by atoms with E-state index in [2.05, 4.69) is 89.6 Å². The van der Waals surface area contributed by atoms with Gasteiger partial charge in [0.2, 0.25) is 0 Å². The normalized spacial score (nSPS) is 11.3. The SMILES string of the molecule is N#Cc1ccc2c(ccn2-c2ccc3sc4ccc(-c5ccccc5)cc4c3c2)c1. The van der Waals surface area contributed by atoms with Crippen LogP contribution in [0.5, 0.6) is 0 Å². The number of rotatable bonds is 2. The van der Waals surface area contributed by atoms with Crippen LogP contribution >= 0.6 is 11.3 Å². The molecule has 0 bridgehead atoms. The predicted molar refractivity (Wildman–Crippen MR) is 126 cm³/mol. The molecule has 0 unspecified atom stereocenters. The second-order valence-corrected chi connectivity index (χ2v) is 8.51. The molecule has 0 aliphatic rings. The quantitative estimate of drug-likeness (QED) is 0.295. The number of nitriles is 1. The Balaban J connectivity index is 1.55. The lowest BCUT2D eigenvalue weighted by atomic mass is 10.0. The molecule has 0 aliphatic heterocycles. The van der Waals surface area contributed by atoms with E-state index in [0.717, 1.165) is 16.6 Å². The number of aromatic nitrogens is 1. The van der Waals surface area contributed by atoms with Crippen LogP contribution in [0.1, 0.15) is 5.56 Å². The van der Waals surface area contributed by atoms with Crippen LogP contribution in [-0.2, 0) is 0 Å². The summed E-state index contributed by atoms with van der Waals surface area (Å²) >= 11 is 1.83. The Morgan fingerprint density at radius 2 is 1.50 bits per heavy atom. The van der Waals surface area contributed by atoms with Crippen molar-refractivity contribution in [2.75, 3.05) is 0 Å². The van der Waals surface area contributed by atoms with Gasteiger partial charge in [-0.1, -0.05) is 36.4 Å². The van der Waals surface area contributed by atoms with Gasteiger partial charge in [-0.15, -0.1) is 11.3 Å². The zero-order valence-corrected chi connectivity index (χ0v) is 16.9. The van der Waals surface area contributed by atoms with Crippen LogP contribution in [0, 0.1) is 11.3 Å². The Hall–Kier alpha value is -3.87. The zero-order chi connectivity index (χ0) is 20.1. The Bertz CT molecular complexity index is 1600. The number of thiophene rings is 1. The number of hydrogen-bond donors (Lipinski definition) is 0. The molecule has 140 valence electrons. The van der Waals surface area contributed by atoms with E-state index in [-0.39, 0.29) is 0 Å². The van der Waals surface area contributed by atoms with Crippen molar-refractivity contribution in [2.24, 2.45) is 0 Å². The lowest BCUT2D eigenvalue weighted by Gasteiger charge is -2.06. The van der Waals surface area contributed by atoms with E-state index < -0.39 is 0 Å². The molecule has 0 N–H and O–H groups in total. The van der Waals surface area contributed by atoms with Crippen LogP contribution in [0.3, 0.4) is 0 Å². The number of hydrogen-bond acceptors (Lipinski definition) is 2. The summed E-state index contributed by atoms with van der Waals surface area (Å²) in [4.78, 5) is 0. The first kappa shape index (κ1) is 17.0. The Morgan fingerprint density at radius 1 is 0.700 bits per heavy atom. The molecule has 3 heteroatoms. The summed E-state index contributed by atoms with van der Waals surface area (Å²) < 4.78 is 4.79. The van der Waals surface area contributed by atoms with Gasteiger partial charge >= 0.3 is 0 Å². The first-order valence-electron chi connectivity index (χ1n) is 9.83. The number of nitrogens with zero attached hydrogens (tertiary/aromatic N) is 2. The summed E-state index contributed by atoms with van der Waals surface area (Å²) in [5.74, 6) is 0. The molecule has 6 rings (SSSR count). The average Bonchev–Trinajstić information content (AvgIpc) is 3.39. The molecular weight excluding hydrogens is 384 g/mol. The van der Waals surface area contributed by atoms with Gasteiger partial charge in [-0.3, -0.25) is 0 Å². The van der Waals surface area contributed by atoms with Gasteiger partial charge in [0.25, 0.3) is 0 Å².